The molecule has 2 N–H and O–H groups in total. The molecule has 1 atom stereocenters. The number of pyridine rings is 1. The van der Waals surface area contributed by atoms with Crippen LogP contribution in [0.25, 0.3) is 0 Å². The first-order valence-electron chi connectivity index (χ1n) is 7.74. The summed E-state index contributed by atoms with van der Waals surface area (Å²) in [6.45, 7) is 4.98. The van der Waals surface area contributed by atoms with Crippen LogP contribution in [0.5, 0.6) is 11.5 Å². The van der Waals surface area contributed by atoms with E-state index >= 15 is 0 Å². The molecule has 2 aromatic rings. The summed E-state index contributed by atoms with van der Waals surface area (Å²) in [4.78, 5) is 15.2. The fourth-order valence-electron chi connectivity index (χ4n) is 2.08. The van der Waals surface area contributed by atoms with Gasteiger partial charge in [0.15, 0.2) is 6.29 Å². The summed E-state index contributed by atoms with van der Waals surface area (Å²) in [5, 5.41) is 12.7. The Labute approximate surface area is 146 Å². The van der Waals surface area contributed by atoms with Crippen LogP contribution in [0.3, 0.4) is 0 Å². The summed E-state index contributed by atoms with van der Waals surface area (Å²) in [5.41, 5.74) is 0.707. The van der Waals surface area contributed by atoms with Crippen LogP contribution in [-0.4, -0.2) is 22.4 Å². The highest BCUT2D eigenvalue weighted by Gasteiger charge is 2.28. The number of nitrogens with one attached hydrogen (secondary N) is 1. The Morgan fingerprint density at radius 1 is 1.32 bits per heavy atom. The first kappa shape index (κ1) is 19.1. The summed E-state index contributed by atoms with van der Waals surface area (Å²) in [5.74, 6) is 0.172. The molecule has 0 amide bonds. The standard InChI is InChI=1S/C17H21N2O5P/c1-12(2)19-25(22,24-15-7-5-4-6-8-15)23-11-14-9-18-13(3)17(21)16(14)10-20/h4-10,12,21H,11H2,1-3H3,(H,19,22). The minimum atomic E-state index is -3.70. The van der Waals surface area contributed by atoms with Gasteiger partial charge in [-0.05, 0) is 32.9 Å². The van der Waals surface area contributed by atoms with Crippen LogP contribution >= 0.6 is 7.75 Å². The molecule has 0 aliphatic carbocycles. The van der Waals surface area contributed by atoms with Gasteiger partial charge in [-0.25, -0.2) is 9.65 Å². The van der Waals surface area contributed by atoms with Crippen molar-refractivity contribution in [1.82, 2.24) is 10.1 Å². The lowest BCUT2D eigenvalue weighted by Crippen LogP contribution is -2.23. The Morgan fingerprint density at radius 2 is 2.00 bits per heavy atom. The molecular weight excluding hydrogens is 343 g/mol. The number of para-hydroxylation sites is 1. The quantitative estimate of drug-likeness (QED) is 0.545. The predicted octanol–water partition coefficient (Wildman–Crippen LogP) is 3.61. The fraction of sp³-hybridized carbons (Fsp3) is 0.294. The van der Waals surface area contributed by atoms with Gasteiger partial charge in [-0.3, -0.25) is 14.3 Å². The number of aldehydes is 1. The minimum Gasteiger partial charge on any atom is -0.505 e. The first-order chi connectivity index (χ1) is 11.8. The van der Waals surface area contributed by atoms with E-state index < -0.39 is 7.75 Å². The number of aromatic nitrogens is 1. The van der Waals surface area contributed by atoms with Crippen molar-refractivity contribution in [2.75, 3.05) is 0 Å². The Bertz CT molecular complexity index is 780. The fourth-order valence-corrected chi connectivity index (χ4v) is 3.60. The van der Waals surface area contributed by atoms with E-state index in [1.54, 1.807) is 45.0 Å². The normalized spacial score (nSPS) is 13.4. The van der Waals surface area contributed by atoms with Crippen LogP contribution in [-0.2, 0) is 15.7 Å². The van der Waals surface area contributed by atoms with Crippen LogP contribution in [0.1, 0.15) is 35.5 Å². The van der Waals surface area contributed by atoms with Gasteiger partial charge in [0.2, 0.25) is 0 Å². The number of aryl methyl sites for hydroxylation is 1. The zero-order valence-corrected chi connectivity index (χ0v) is 15.2. The average molecular weight is 364 g/mol. The van der Waals surface area contributed by atoms with Crippen molar-refractivity contribution in [3.63, 3.8) is 0 Å². The zero-order valence-electron chi connectivity index (χ0n) is 14.3. The molecule has 25 heavy (non-hydrogen) atoms. The second-order valence-corrected chi connectivity index (χ2v) is 7.40. The number of hydrogen-bond donors (Lipinski definition) is 2. The maximum atomic E-state index is 13.0. The summed E-state index contributed by atoms with van der Waals surface area (Å²) in [7, 11) is -3.70. The molecule has 2 rings (SSSR count). The van der Waals surface area contributed by atoms with Gasteiger partial charge >= 0.3 is 7.75 Å². The molecule has 0 saturated heterocycles. The van der Waals surface area contributed by atoms with E-state index in [0.717, 1.165) is 0 Å². The van der Waals surface area contributed by atoms with Gasteiger partial charge in [-0.2, -0.15) is 0 Å². The van der Waals surface area contributed by atoms with Crippen molar-refractivity contribution >= 4 is 14.0 Å². The second kappa shape index (κ2) is 8.25. The summed E-state index contributed by atoms with van der Waals surface area (Å²) in [6, 6.07) is 8.47. The van der Waals surface area contributed by atoms with Crippen LogP contribution in [0.15, 0.2) is 36.5 Å². The summed E-state index contributed by atoms with van der Waals surface area (Å²) >= 11 is 0. The molecule has 1 unspecified atom stereocenters. The third-order valence-electron chi connectivity index (χ3n) is 3.25. The van der Waals surface area contributed by atoms with Crippen LogP contribution in [0.2, 0.25) is 0 Å². The van der Waals surface area contributed by atoms with Crippen molar-refractivity contribution < 1.29 is 23.5 Å². The lowest BCUT2D eigenvalue weighted by Gasteiger charge is -2.22. The van der Waals surface area contributed by atoms with Crippen molar-refractivity contribution in [3.05, 3.63) is 53.3 Å². The van der Waals surface area contributed by atoms with Gasteiger partial charge in [0, 0.05) is 17.8 Å². The number of aromatic hydroxyl groups is 1. The summed E-state index contributed by atoms with van der Waals surface area (Å²) in [6.07, 6.45) is 1.92. The summed E-state index contributed by atoms with van der Waals surface area (Å²) < 4.78 is 24.0. The number of carbonyl (C=O) groups excluding carboxylic acids is 1. The second-order valence-electron chi connectivity index (χ2n) is 5.71. The number of hydrogen-bond acceptors (Lipinski definition) is 6. The first-order valence-corrected chi connectivity index (χ1v) is 9.28. The highest BCUT2D eigenvalue weighted by Crippen LogP contribution is 2.45. The predicted molar refractivity (Wildman–Crippen MR) is 93.8 cm³/mol. The number of benzene rings is 1. The Kier molecular flexibility index (Phi) is 6.31. The molecule has 0 fully saturated rings. The zero-order chi connectivity index (χ0) is 18.4. The van der Waals surface area contributed by atoms with E-state index in [0.29, 0.717) is 23.3 Å². The lowest BCUT2D eigenvalue weighted by molar-refractivity contribution is 0.111. The smallest absolute Gasteiger partial charge is 0.459 e. The Hall–Kier alpha value is -2.21. The SMILES string of the molecule is Cc1ncc(COP(=O)(NC(C)C)Oc2ccccc2)c(C=O)c1O. The molecule has 1 aromatic carbocycles. The van der Waals surface area contributed by atoms with E-state index in [4.69, 9.17) is 9.05 Å². The van der Waals surface area contributed by atoms with E-state index in [2.05, 4.69) is 10.1 Å². The molecule has 0 bridgehead atoms. The number of rotatable bonds is 8. The highest BCUT2D eigenvalue weighted by atomic mass is 31.2. The third kappa shape index (κ3) is 5.13. The van der Waals surface area contributed by atoms with Crippen molar-refractivity contribution in [3.8, 4) is 11.5 Å². The molecular formula is C17H21N2O5P. The Morgan fingerprint density at radius 3 is 2.60 bits per heavy atom. The van der Waals surface area contributed by atoms with Crippen LogP contribution < -0.4 is 9.61 Å². The minimum absolute atomic E-state index is 0.0586. The molecule has 1 aromatic heterocycles. The topological polar surface area (TPSA) is 97.8 Å². The van der Waals surface area contributed by atoms with Crippen molar-refractivity contribution in [2.45, 2.75) is 33.4 Å². The maximum Gasteiger partial charge on any atom is 0.459 e. The van der Waals surface area contributed by atoms with Crippen LogP contribution in [0, 0.1) is 6.92 Å². The third-order valence-corrected chi connectivity index (χ3v) is 5.00. The molecule has 0 saturated carbocycles. The van der Waals surface area contributed by atoms with Gasteiger partial charge in [0.05, 0.1) is 17.9 Å². The highest BCUT2D eigenvalue weighted by molar-refractivity contribution is 7.52. The monoisotopic (exact) mass is 364 g/mol. The largest absolute Gasteiger partial charge is 0.505 e. The molecule has 1 heterocycles. The lowest BCUT2D eigenvalue weighted by atomic mass is 10.1. The molecule has 134 valence electrons. The molecule has 0 radical (unpaired) electrons. The Balaban J connectivity index is 2.22. The van der Waals surface area contributed by atoms with E-state index in [-0.39, 0.29) is 24.0 Å². The molecule has 0 aliphatic heterocycles. The molecule has 0 spiro atoms. The van der Waals surface area contributed by atoms with Gasteiger partial charge < -0.3 is 9.63 Å². The van der Waals surface area contributed by atoms with Gasteiger partial charge in [-0.1, -0.05) is 18.2 Å². The van der Waals surface area contributed by atoms with Gasteiger partial charge in [0.1, 0.15) is 11.5 Å². The molecule has 8 heteroatoms. The van der Waals surface area contributed by atoms with Crippen molar-refractivity contribution in [1.29, 1.82) is 0 Å². The number of carbonyl (C=O) groups is 1. The molecule has 0 aliphatic rings. The van der Waals surface area contributed by atoms with Gasteiger partial charge in [0.25, 0.3) is 0 Å². The van der Waals surface area contributed by atoms with E-state index in [9.17, 15) is 14.5 Å². The van der Waals surface area contributed by atoms with Gasteiger partial charge in [-0.15, -0.1) is 0 Å². The maximum absolute atomic E-state index is 13.0. The van der Waals surface area contributed by atoms with Crippen molar-refractivity contribution in [2.24, 2.45) is 0 Å². The van der Waals surface area contributed by atoms with E-state index in [1.807, 2.05) is 6.07 Å². The van der Waals surface area contributed by atoms with E-state index in [1.165, 1.54) is 6.20 Å². The average Bonchev–Trinajstić information content (AvgIpc) is 2.56. The number of nitrogens with zero attached hydrogens (tertiary/aromatic N) is 1. The van der Waals surface area contributed by atoms with Crippen LogP contribution in [0.4, 0.5) is 0 Å². The molecule has 7 nitrogen and oxygen atoms in total.